The van der Waals surface area contributed by atoms with E-state index in [1.165, 1.54) is 0 Å². The van der Waals surface area contributed by atoms with E-state index >= 15 is 0 Å². The minimum atomic E-state index is -1.60. The predicted octanol–water partition coefficient (Wildman–Crippen LogP) is 3.16. The SMILES string of the molecule is CCC(S)C(C)[SiH](OC(C)C)OC(C)C. The van der Waals surface area contributed by atoms with Gasteiger partial charge in [-0.05, 0) is 34.1 Å². The third-order valence-corrected chi connectivity index (χ3v) is 6.37. The highest BCUT2D eigenvalue weighted by atomic mass is 32.1. The maximum Gasteiger partial charge on any atom is 0.325 e. The molecule has 0 aromatic rings. The van der Waals surface area contributed by atoms with Gasteiger partial charge in [-0.15, -0.1) is 0 Å². The molecule has 0 heterocycles. The summed E-state index contributed by atoms with van der Waals surface area (Å²) in [6.07, 6.45) is 1.57. The highest BCUT2D eigenvalue weighted by molar-refractivity contribution is 7.81. The molecule has 0 saturated carbocycles. The normalized spacial score (nSPS) is 16.4. The van der Waals surface area contributed by atoms with Gasteiger partial charge in [0.15, 0.2) is 0 Å². The fourth-order valence-electron chi connectivity index (χ4n) is 1.37. The molecule has 0 amide bonds. The Balaban J connectivity index is 4.32. The van der Waals surface area contributed by atoms with E-state index in [0.717, 1.165) is 6.42 Å². The molecule has 0 aliphatic carbocycles. The van der Waals surface area contributed by atoms with Crippen molar-refractivity contribution in [3.8, 4) is 0 Å². The van der Waals surface area contributed by atoms with Gasteiger partial charge >= 0.3 is 9.28 Å². The van der Waals surface area contributed by atoms with Crippen LogP contribution in [0.1, 0.15) is 48.0 Å². The van der Waals surface area contributed by atoms with Gasteiger partial charge in [0.05, 0.1) is 0 Å². The molecule has 0 bridgehead atoms. The molecule has 15 heavy (non-hydrogen) atoms. The fraction of sp³-hybridized carbons (Fsp3) is 1.00. The Labute approximate surface area is 102 Å². The molecular formula is C11H26O2SSi. The molecular weight excluding hydrogens is 224 g/mol. The number of rotatable bonds is 7. The van der Waals surface area contributed by atoms with Gasteiger partial charge in [-0.3, -0.25) is 0 Å². The quantitative estimate of drug-likeness (QED) is 0.553. The van der Waals surface area contributed by atoms with Crippen molar-refractivity contribution in [2.45, 2.75) is 71.0 Å². The summed E-state index contributed by atoms with van der Waals surface area (Å²) in [4.78, 5) is 0. The van der Waals surface area contributed by atoms with Crippen LogP contribution in [0.5, 0.6) is 0 Å². The van der Waals surface area contributed by atoms with Crippen LogP contribution in [0.15, 0.2) is 0 Å². The molecule has 0 saturated heterocycles. The minimum absolute atomic E-state index is 0.250. The first-order valence-corrected chi connectivity index (χ1v) is 8.00. The largest absolute Gasteiger partial charge is 0.394 e. The molecule has 0 rings (SSSR count). The van der Waals surface area contributed by atoms with Crippen molar-refractivity contribution < 1.29 is 8.85 Å². The fourth-order valence-corrected chi connectivity index (χ4v) is 4.06. The van der Waals surface area contributed by atoms with Crippen LogP contribution in [0.2, 0.25) is 5.54 Å². The van der Waals surface area contributed by atoms with Crippen LogP contribution in [-0.4, -0.2) is 26.7 Å². The summed E-state index contributed by atoms with van der Waals surface area (Å²) in [5.41, 5.74) is 0.447. The first kappa shape index (κ1) is 15.5. The van der Waals surface area contributed by atoms with E-state index in [2.05, 4.69) is 54.2 Å². The van der Waals surface area contributed by atoms with Crippen LogP contribution in [-0.2, 0) is 8.85 Å². The first-order valence-electron chi connectivity index (χ1n) is 5.87. The zero-order chi connectivity index (χ0) is 12.0. The van der Waals surface area contributed by atoms with E-state index < -0.39 is 9.28 Å². The van der Waals surface area contributed by atoms with Crippen molar-refractivity contribution in [3.05, 3.63) is 0 Å². The summed E-state index contributed by atoms with van der Waals surface area (Å²) >= 11 is 4.58. The topological polar surface area (TPSA) is 18.5 Å². The lowest BCUT2D eigenvalue weighted by Gasteiger charge is -2.29. The Morgan fingerprint density at radius 1 is 1.00 bits per heavy atom. The summed E-state index contributed by atoms with van der Waals surface area (Å²) in [6.45, 7) is 12.6. The zero-order valence-electron chi connectivity index (χ0n) is 10.9. The van der Waals surface area contributed by atoms with E-state index in [1.54, 1.807) is 0 Å². The summed E-state index contributed by atoms with van der Waals surface area (Å²) in [5, 5.41) is 0.388. The first-order chi connectivity index (χ1) is 6.88. The van der Waals surface area contributed by atoms with Crippen molar-refractivity contribution in [2.75, 3.05) is 0 Å². The lowest BCUT2D eigenvalue weighted by atomic mass is 10.2. The van der Waals surface area contributed by atoms with Crippen molar-refractivity contribution in [1.82, 2.24) is 0 Å². The van der Waals surface area contributed by atoms with Crippen LogP contribution in [0.25, 0.3) is 0 Å². The molecule has 0 aliphatic heterocycles. The molecule has 0 fully saturated rings. The summed E-state index contributed by atoms with van der Waals surface area (Å²) in [7, 11) is -1.60. The Morgan fingerprint density at radius 3 is 1.67 bits per heavy atom. The highest BCUT2D eigenvalue weighted by Gasteiger charge is 2.28. The molecule has 4 heteroatoms. The smallest absolute Gasteiger partial charge is 0.325 e. The van der Waals surface area contributed by atoms with E-state index in [1.807, 2.05) is 0 Å². The van der Waals surface area contributed by atoms with Gasteiger partial charge in [0.1, 0.15) is 0 Å². The predicted molar refractivity (Wildman–Crippen MR) is 72.1 cm³/mol. The molecule has 0 aromatic carbocycles. The summed E-state index contributed by atoms with van der Waals surface area (Å²) in [5.74, 6) is 0. The molecule has 0 aromatic heterocycles. The molecule has 92 valence electrons. The van der Waals surface area contributed by atoms with Crippen LogP contribution >= 0.6 is 12.6 Å². The second-order valence-electron chi connectivity index (χ2n) is 4.57. The van der Waals surface area contributed by atoms with Crippen LogP contribution in [0.3, 0.4) is 0 Å². The molecule has 0 aliphatic rings. The van der Waals surface area contributed by atoms with Crippen LogP contribution in [0.4, 0.5) is 0 Å². The van der Waals surface area contributed by atoms with E-state index in [4.69, 9.17) is 8.85 Å². The third kappa shape index (κ3) is 6.61. The number of hydrogen-bond donors (Lipinski definition) is 1. The van der Waals surface area contributed by atoms with Crippen LogP contribution in [0, 0.1) is 0 Å². The van der Waals surface area contributed by atoms with E-state index in [9.17, 15) is 0 Å². The van der Waals surface area contributed by atoms with Gasteiger partial charge in [0, 0.05) is 23.0 Å². The standard InChI is InChI=1S/C11H26O2SSi/c1-7-11(14)10(6)15(12-8(2)3)13-9(4)5/h8-11,14-15H,7H2,1-6H3. The maximum absolute atomic E-state index is 5.91. The monoisotopic (exact) mass is 250 g/mol. The molecule has 2 atom stereocenters. The van der Waals surface area contributed by atoms with Crippen molar-refractivity contribution in [1.29, 1.82) is 0 Å². The van der Waals surface area contributed by atoms with Gasteiger partial charge in [-0.1, -0.05) is 13.8 Å². The second-order valence-corrected chi connectivity index (χ2v) is 7.57. The number of thiol groups is 1. The van der Waals surface area contributed by atoms with E-state index in [0.29, 0.717) is 10.8 Å². The second kappa shape index (κ2) is 7.71. The van der Waals surface area contributed by atoms with Crippen LogP contribution < -0.4 is 0 Å². The van der Waals surface area contributed by atoms with Gasteiger partial charge < -0.3 is 8.85 Å². The average molecular weight is 250 g/mol. The number of hydrogen-bond acceptors (Lipinski definition) is 3. The van der Waals surface area contributed by atoms with Crippen molar-refractivity contribution >= 4 is 21.9 Å². The van der Waals surface area contributed by atoms with Gasteiger partial charge in [-0.2, -0.15) is 12.6 Å². The highest BCUT2D eigenvalue weighted by Crippen LogP contribution is 2.25. The summed E-state index contributed by atoms with van der Waals surface area (Å²) in [6, 6.07) is 0. The van der Waals surface area contributed by atoms with Gasteiger partial charge in [0.25, 0.3) is 0 Å². The maximum atomic E-state index is 5.91. The van der Waals surface area contributed by atoms with Crippen molar-refractivity contribution in [2.24, 2.45) is 0 Å². The van der Waals surface area contributed by atoms with Gasteiger partial charge in [0.2, 0.25) is 0 Å². The summed E-state index contributed by atoms with van der Waals surface area (Å²) < 4.78 is 11.8. The Bertz CT molecular complexity index is 155. The Hall–Kier alpha value is 0.487. The lowest BCUT2D eigenvalue weighted by molar-refractivity contribution is 0.123. The minimum Gasteiger partial charge on any atom is -0.394 e. The molecule has 2 unspecified atom stereocenters. The Kier molecular flexibility index (Phi) is 7.96. The zero-order valence-corrected chi connectivity index (χ0v) is 12.9. The van der Waals surface area contributed by atoms with E-state index in [-0.39, 0.29) is 12.2 Å². The Morgan fingerprint density at radius 2 is 1.40 bits per heavy atom. The third-order valence-electron chi connectivity index (χ3n) is 2.27. The van der Waals surface area contributed by atoms with Gasteiger partial charge in [-0.25, -0.2) is 0 Å². The molecule has 0 radical (unpaired) electrons. The molecule has 0 spiro atoms. The lowest BCUT2D eigenvalue weighted by Crippen LogP contribution is -2.36. The van der Waals surface area contributed by atoms with Crippen molar-refractivity contribution in [3.63, 3.8) is 0 Å². The average Bonchev–Trinajstić information content (AvgIpc) is 2.13. The molecule has 2 nitrogen and oxygen atoms in total. The molecule has 0 N–H and O–H groups in total.